The minimum absolute atomic E-state index is 0.0941. The van der Waals surface area contributed by atoms with Crippen LogP contribution in [-0.2, 0) is 24.4 Å². The standard InChI is InChI=1S/C12H15N5O/c13-7-10-1-3-11(4-2-10)8-14-12(18)9-17-6-5-15-16-17/h1-6H,7-9,13H2,(H,14,18). The third kappa shape index (κ3) is 3.39. The minimum Gasteiger partial charge on any atom is -0.350 e. The predicted molar refractivity (Wildman–Crippen MR) is 66.2 cm³/mol. The van der Waals surface area contributed by atoms with Crippen molar-refractivity contribution in [3.63, 3.8) is 0 Å². The van der Waals surface area contributed by atoms with Crippen LogP contribution in [0.2, 0.25) is 0 Å². The maximum Gasteiger partial charge on any atom is 0.242 e. The Kier molecular flexibility index (Phi) is 4.03. The first kappa shape index (κ1) is 12.3. The van der Waals surface area contributed by atoms with Crippen molar-refractivity contribution in [2.75, 3.05) is 0 Å². The maximum absolute atomic E-state index is 11.6. The third-order valence-corrected chi connectivity index (χ3v) is 2.53. The summed E-state index contributed by atoms with van der Waals surface area (Å²) in [7, 11) is 0. The lowest BCUT2D eigenvalue weighted by atomic mass is 10.1. The second-order valence-electron chi connectivity index (χ2n) is 3.90. The number of benzene rings is 1. The normalized spacial score (nSPS) is 10.3. The molecule has 2 aromatic rings. The Labute approximate surface area is 105 Å². The number of hydrogen-bond donors (Lipinski definition) is 2. The van der Waals surface area contributed by atoms with E-state index in [1.807, 2.05) is 24.3 Å². The highest BCUT2D eigenvalue weighted by molar-refractivity contribution is 5.75. The van der Waals surface area contributed by atoms with Crippen molar-refractivity contribution in [2.45, 2.75) is 19.6 Å². The van der Waals surface area contributed by atoms with Gasteiger partial charge in [0, 0.05) is 19.3 Å². The second kappa shape index (κ2) is 5.92. The van der Waals surface area contributed by atoms with Crippen molar-refractivity contribution >= 4 is 5.91 Å². The van der Waals surface area contributed by atoms with Gasteiger partial charge in [0.2, 0.25) is 5.91 Å². The molecule has 6 nitrogen and oxygen atoms in total. The molecule has 1 amide bonds. The monoisotopic (exact) mass is 245 g/mol. The minimum atomic E-state index is -0.0941. The first-order valence-electron chi connectivity index (χ1n) is 5.66. The van der Waals surface area contributed by atoms with Gasteiger partial charge in [-0.1, -0.05) is 29.5 Å². The Hall–Kier alpha value is -2.21. The molecule has 1 aromatic carbocycles. The lowest BCUT2D eigenvalue weighted by Gasteiger charge is -2.06. The summed E-state index contributed by atoms with van der Waals surface area (Å²) in [6.07, 6.45) is 3.19. The van der Waals surface area contributed by atoms with Gasteiger partial charge in [0.25, 0.3) is 0 Å². The van der Waals surface area contributed by atoms with E-state index in [1.165, 1.54) is 4.68 Å². The molecule has 0 fully saturated rings. The Morgan fingerprint density at radius 2 is 2.00 bits per heavy atom. The maximum atomic E-state index is 11.6. The zero-order valence-corrected chi connectivity index (χ0v) is 9.91. The molecule has 2 rings (SSSR count). The number of amides is 1. The summed E-state index contributed by atoms with van der Waals surface area (Å²) in [5.74, 6) is -0.0941. The summed E-state index contributed by atoms with van der Waals surface area (Å²) in [5, 5.41) is 10.2. The van der Waals surface area contributed by atoms with Crippen LogP contribution in [0.1, 0.15) is 11.1 Å². The molecule has 0 aliphatic carbocycles. The fourth-order valence-corrected chi connectivity index (χ4v) is 1.51. The fourth-order valence-electron chi connectivity index (χ4n) is 1.51. The van der Waals surface area contributed by atoms with Gasteiger partial charge in [0.1, 0.15) is 6.54 Å². The van der Waals surface area contributed by atoms with Crippen LogP contribution in [0.15, 0.2) is 36.7 Å². The third-order valence-electron chi connectivity index (χ3n) is 2.53. The van der Waals surface area contributed by atoms with Gasteiger partial charge in [-0.25, -0.2) is 4.68 Å². The zero-order chi connectivity index (χ0) is 12.8. The summed E-state index contributed by atoms with van der Waals surface area (Å²) in [6.45, 7) is 1.21. The van der Waals surface area contributed by atoms with E-state index in [-0.39, 0.29) is 12.5 Å². The highest BCUT2D eigenvalue weighted by Crippen LogP contribution is 2.03. The number of carbonyl (C=O) groups excluding carboxylic acids is 1. The van der Waals surface area contributed by atoms with Gasteiger partial charge < -0.3 is 11.1 Å². The molecule has 0 unspecified atom stereocenters. The molecule has 0 bridgehead atoms. The van der Waals surface area contributed by atoms with Crippen LogP contribution in [0.3, 0.4) is 0 Å². The molecule has 18 heavy (non-hydrogen) atoms. The lowest BCUT2D eigenvalue weighted by Crippen LogP contribution is -2.27. The highest BCUT2D eigenvalue weighted by atomic mass is 16.2. The van der Waals surface area contributed by atoms with Crippen LogP contribution in [0.5, 0.6) is 0 Å². The van der Waals surface area contributed by atoms with Crippen molar-refractivity contribution < 1.29 is 4.79 Å². The van der Waals surface area contributed by atoms with Crippen molar-refractivity contribution in [1.82, 2.24) is 20.3 Å². The Morgan fingerprint density at radius 3 is 2.61 bits per heavy atom. The summed E-state index contributed by atoms with van der Waals surface area (Å²) >= 11 is 0. The van der Waals surface area contributed by atoms with Gasteiger partial charge in [0.15, 0.2) is 0 Å². The van der Waals surface area contributed by atoms with E-state index in [2.05, 4.69) is 15.6 Å². The predicted octanol–water partition coefficient (Wildman–Crippen LogP) is 0.0532. The number of carbonyl (C=O) groups is 1. The molecule has 94 valence electrons. The van der Waals surface area contributed by atoms with Crippen molar-refractivity contribution in [1.29, 1.82) is 0 Å². The molecule has 6 heteroatoms. The fraction of sp³-hybridized carbons (Fsp3) is 0.250. The largest absolute Gasteiger partial charge is 0.350 e. The molecule has 1 heterocycles. The topological polar surface area (TPSA) is 85.8 Å². The number of hydrogen-bond acceptors (Lipinski definition) is 4. The zero-order valence-electron chi connectivity index (χ0n) is 9.91. The molecule has 0 spiro atoms. The van der Waals surface area contributed by atoms with Crippen LogP contribution in [0.4, 0.5) is 0 Å². The molecular formula is C12H15N5O. The van der Waals surface area contributed by atoms with Gasteiger partial charge in [-0.2, -0.15) is 0 Å². The van der Waals surface area contributed by atoms with Crippen molar-refractivity contribution in [3.05, 3.63) is 47.8 Å². The molecule has 0 saturated carbocycles. The summed E-state index contributed by atoms with van der Waals surface area (Å²) in [4.78, 5) is 11.6. The SMILES string of the molecule is NCc1ccc(CNC(=O)Cn2ccnn2)cc1. The average Bonchev–Trinajstić information content (AvgIpc) is 2.90. The second-order valence-corrected chi connectivity index (χ2v) is 3.90. The number of nitrogens with one attached hydrogen (secondary N) is 1. The van der Waals surface area contributed by atoms with Crippen LogP contribution < -0.4 is 11.1 Å². The van der Waals surface area contributed by atoms with E-state index in [9.17, 15) is 4.79 Å². The van der Waals surface area contributed by atoms with Gasteiger partial charge >= 0.3 is 0 Å². The van der Waals surface area contributed by atoms with Crippen LogP contribution >= 0.6 is 0 Å². The molecule has 0 radical (unpaired) electrons. The Morgan fingerprint density at radius 1 is 1.28 bits per heavy atom. The van der Waals surface area contributed by atoms with E-state index >= 15 is 0 Å². The lowest BCUT2D eigenvalue weighted by molar-refractivity contribution is -0.122. The van der Waals surface area contributed by atoms with Gasteiger partial charge in [-0.05, 0) is 11.1 Å². The highest BCUT2D eigenvalue weighted by Gasteiger charge is 2.02. The first-order valence-corrected chi connectivity index (χ1v) is 5.66. The Bertz CT molecular complexity index is 492. The quantitative estimate of drug-likeness (QED) is 0.779. The average molecular weight is 245 g/mol. The van der Waals surface area contributed by atoms with E-state index in [0.29, 0.717) is 13.1 Å². The number of nitrogens with zero attached hydrogens (tertiary/aromatic N) is 3. The number of aromatic nitrogens is 3. The molecule has 0 aliphatic heterocycles. The molecule has 1 aromatic heterocycles. The smallest absolute Gasteiger partial charge is 0.242 e. The molecular weight excluding hydrogens is 230 g/mol. The van der Waals surface area contributed by atoms with E-state index in [0.717, 1.165) is 11.1 Å². The molecule has 0 aliphatic rings. The molecule has 0 atom stereocenters. The van der Waals surface area contributed by atoms with E-state index < -0.39 is 0 Å². The number of nitrogens with two attached hydrogens (primary N) is 1. The van der Waals surface area contributed by atoms with Crippen LogP contribution in [0, 0.1) is 0 Å². The van der Waals surface area contributed by atoms with Crippen molar-refractivity contribution in [2.24, 2.45) is 5.73 Å². The van der Waals surface area contributed by atoms with Gasteiger partial charge in [-0.3, -0.25) is 4.79 Å². The molecule has 0 saturated heterocycles. The van der Waals surface area contributed by atoms with Crippen LogP contribution in [0.25, 0.3) is 0 Å². The number of rotatable bonds is 5. The van der Waals surface area contributed by atoms with Gasteiger partial charge in [0.05, 0.1) is 6.20 Å². The van der Waals surface area contributed by atoms with E-state index in [4.69, 9.17) is 5.73 Å². The van der Waals surface area contributed by atoms with Crippen LogP contribution in [-0.4, -0.2) is 20.9 Å². The van der Waals surface area contributed by atoms with Gasteiger partial charge in [-0.15, -0.1) is 5.10 Å². The summed E-state index contributed by atoms with van der Waals surface area (Å²) in [6, 6.07) is 7.83. The van der Waals surface area contributed by atoms with Crippen molar-refractivity contribution in [3.8, 4) is 0 Å². The molecule has 3 N–H and O–H groups in total. The Balaban J connectivity index is 1.81. The summed E-state index contributed by atoms with van der Waals surface area (Å²) < 4.78 is 1.48. The first-order chi connectivity index (χ1) is 8.78. The van der Waals surface area contributed by atoms with E-state index in [1.54, 1.807) is 12.4 Å². The summed E-state index contributed by atoms with van der Waals surface area (Å²) in [5.41, 5.74) is 7.63.